The topological polar surface area (TPSA) is 21.3 Å². The van der Waals surface area contributed by atoms with Crippen LogP contribution in [0, 0.1) is 12.7 Å². The molecule has 0 saturated heterocycles. The van der Waals surface area contributed by atoms with E-state index in [-0.39, 0.29) is 11.6 Å². The van der Waals surface area contributed by atoms with Crippen LogP contribution in [-0.4, -0.2) is 13.2 Å². The molecule has 2 aromatic rings. The molecule has 0 unspecified atom stereocenters. The van der Waals surface area contributed by atoms with Crippen LogP contribution in [0.3, 0.4) is 0 Å². The van der Waals surface area contributed by atoms with E-state index < -0.39 is 0 Å². The van der Waals surface area contributed by atoms with Crippen LogP contribution in [0.25, 0.3) is 11.1 Å². The molecule has 3 heteroatoms. The Balaban J connectivity index is 2.41. The Bertz CT molecular complexity index is 623. The van der Waals surface area contributed by atoms with Gasteiger partial charge in [-0.15, -0.1) is 0 Å². The van der Waals surface area contributed by atoms with E-state index in [1.165, 1.54) is 7.11 Å². The van der Waals surface area contributed by atoms with Crippen LogP contribution in [0.2, 0.25) is 0 Å². The van der Waals surface area contributed by atoms with Gasteiger partial charge < -0.3 is 10.1 Å². The van der Waals surface area contributed by atoms with Crippen molar-refractivity contribution in [3.63, 3.8) is 0 Å². The maximum atomic E-state index is 14.4. The molecule has 0 aliphatic rings. The largest absolute Gasteiger partial charge is 0.494 e. The highest BCUT2D eigenvalue weighted by Crippen LogP contribution is 2.31. The second kappa shape index (κ2) is 6.72. The van der Waals surface area contributed by atoms with Crippen LogP contribution in [-0.2, 0) is 6.54 Å². The van der Waals surface area contributed by atoms with E-state index in [4.69, 9.17) is 4.74 Å². The Morgan fingerprint density at radius 3 is 2.57 bits per heavy atom. The zero-order valence-electron chi connectivity index (χ0n) is 13.0. The highest BCUT2D eigenvalue weighted by Gasteiger charge is 2.12. The first-order chi connectivity index (χ1) is 10.0. The summed E-state index contributed by atoms with van der Waals surface area (Å²) in [5, 5.41) is 3.38. The van der Waals surface area contributed by atoms with Crippen LogP contribution in [0.5, 0.6) is 5.75 Å². The van der Waals surface area contributed by atoms with Gasteiger partial charge in [-0.1, -0.05) is 38.1 Å². The standard InChI is InChI=1S/C18H22FNO/c1-12(2)20-11-14-9-8-13(3)16(10-14)15-6-5-7-17(21-4)18(15)19/h5-10,12,20H,11H2,1-4H3. The van der Waals surface area contributed by atoms with E-state index in [1.807, 2.05) is 25.1 Å². The molecule has 0 aromatic heterocycles. The summed E-state index contributed by atoms with van der Waals surface area (Å²) in [6.07, 6.45) is 0. The van der Waals surface area contributed by atoms with Crippen molar-refractivity contribution >= 4 is 0 Å². The number of halogens is 1. The monoisotopic (exact) mass is 287 g/mol. The molecule has 0 aliphatic heterocycles. The molecule has 0 atom stereocenters. The minimum absolute atomic E-state index is 0.276. The predicted octanol–water partition coefficient (Wildman–Crippen LogP) is 4.31. The first-order valence-electron chi connectivity index (χ1n) is 7.18. The molecule has 0 fully saturated rings. The maximum absolute atomic E-state index is 14.4. The number of rotatable bonds is 5. The quantitative estimate of drug-likeness (QED) is 0.885. The first kappa shape index (κ1) is 15.5. The predicted molar refractivity (Wildman–Crippen MR) is 85.1 cm³/mol. The molecule has 0 aliphatic carbocycles. The first-order valence-corrected chi connectivity index (χ1v) is 7.18. The molecular weight excluding hydrogens is 265 g/mol. The lowest BCUT2D eigenvalue weighted by molar-refractivity contribution is 0.387. The van der Waals surface area contributed by atoms with Crippen molar-refractivity contribution in [2.45, 2.75) is 33.4 Å². The van der Waals surface area contributed by atoms with Gasteiger partial charge in [0.2, 0.25) is 0 Å². The molecule has 2 aromatic carbocycles. The van der Waals surface area contributed by atoms with E-state index >= 15 is 0 Å². The molecule has 2 rings (SSSR count). The van der Waals surface area contributed by atoms with Gasteiger partial charge >= 0.3 is 0 Å². The fourth-order valence-electron chi connectivity index (χ4n) is 2.27. The van der Waals surface area contributed by atoms with Crippen LogP contribution < -0.4 is 10.1 Å². The van der Waals surface area contributed by atoms with E-state index in [0.717, 1.165) is 23.2 Å². The minimum Gasteiger partial charge on any atom is -0.494 e. The molecular formula is C18H22FNO. The third kappa shape index (κ3) is 3.61. The van der Waals surface area contributed by atoms with Gasteiger partial charge in [0, 0.05) is 18.2 Å². The van der Waals surface area contributed by atoms with Crippen molar-refractivity contribution in [2.24, 2.45) is 0 Å². The summed E-state index contributed by atoms with van der Waals surface area (Å²) in [7, 11) is 1.48. The van der Waals surface area contributed by atoms with Crippen molar-refractivity contribution < 1.29 is 9.13 Å². The summed E-state index contributed by atoms with van der Waals surface area (Å²) in [5.41, 5.74) is 3.69. The highest BCUT2D eigenvalue weighted by atomic mass is 19.1. The summed E-state index contributed by atoms with van der Waals surface area (Å²) >= 11 is 0. The lowest BCUT2D eigenvalue weighted by Gasteiger charge is -2.13. The Labute approximate surface area is 126 Å². The lowest BCUT2D eigenvalue weighted by atomic mass is 9.97. The molecule has 0 radical (unpaired) electrons. The summed E-state index contributed by atoms with van der Waals surface area (Å²) < 4.78 is 19.5. The molecule has 2 nitrogen and oxygen atoms in total. The van der Waals surface area contributed by atoms with Gasteiger partial charge in [0.25, 0.3) is 0 Å². The maximum Gasteiger partial charge on any atom is 0.172 e. The number of ether oxygens (including phenoxy) is 1. The van der Waals surface area contributed by atoms with E-state index in [0.29, 0.717) is 11.6 Å². The van der Waals surface area contributed by atoms with E-state index in [1.54, 1.807) is 12.1 Å². The second-order valence-corrected chi connectivity index (χ2v) is 5.51. The fraction of sp³-hybridized carbons (Fsp3) is 0.333. The highest BCUT2D eigenvalue weighted by molar-refractivity contribution is 5.70. The van der Waals surface area contributed by atoms with Gasteiger partial charge in [-0.05, 0) is 35.7 Å². The number of hydrogen-bond donors (Lipinski definition) is 1. The number of aryl methyl sites for hydroxylation is 1. The van der Waals surface area contributed by atoms with Crippen molar-refractivity contribution in [3.8, 4) is 16.9 Å². The third-order valence-electron chi connectivity index (χ3n) is 3.49. The van der Waals surface area contributed by atoms with Gasteiger partial charge in [-0.25, -0.2) is 4.39 Å². The van der Waals surface area contributed by atoms with Gasteiger partial charge in [-0.3, -0.25) is 0 Å². The Morgan fingerprint density at radius 2 is 1.90 bits per heavy atom. The molecule has 112 valence electrons. The molecule has 0 amide bonds. The molecule has 0 bridgehead atoms. The fourth-order valence-corrected chi connectivity index (χ4v) is 2.27. The van der Waals surface area contributed by atoms with Gasteiger partial charge in [0.05, 0.1) is 7.11 Å². The summed E-state index contributed by atoms with van der Waals surface area (Å²) in [4.78, 5) is 0. The normalized spacial score (nSPS) is 11.0. The van der Waals surface area contributed by atoms with Crippen molar-refractivity contribution in [3.05, 3.63) is 53.3 Å². The van der Waals surface area contributed by atoms with Gasteiger partial charge in [0.1, 0.15) is 0 Å². The van der Waals surface area contributed by atoms with E-state index in [2.05, 4.69) is 25.2 Å². The van der Waals surface area contributed by atoms with Crippen LogP contribution in [0.1, 0.15) is 25.0 Å². The van der Waals surface area contributed by atoms with Gasteiger partial charge in [-0.2, -0.15) is 0 Å². The number of benzene rings is 2. The molecule has 1 N–H and O–H groups in total. The average molecular weight is 287 g/mol. The Morgan fingerprint density at radius 1 is 1.14 bits per heavy atom. The SMILES string of the molecule is COc1cccc(-c2cc(CNC(C)C)ccc2C)c1F. The second-order valence-electron chi connectivity index (χ2n) is 5.51. The average Bonchev–Trinajstić information content (AvgIpc) is 2.47. The van der Waals surface area contributed by atoms with Crippen LogP contribution >= 0.6 is 0 Å². The molecule has 21 heavy (non-hydrogen) atoms. The van der Waals surface area contributed by atoms with Crippen molar-refractivity contribution in [1.29, 1.82) is 0 Å². The zero-order valence-corrected chi connectivity index (χ0v) is 13.0. The Hall–Kier alpha value is -1.87. The van der Waals surface area contributed by atoms with Gasteiger partial charge in [0.15, 0.2) is 11.6 Å². The Kier molecular flexibility index (Phi) is 4.97. The summed E-state index contributed by atoms with van der Waals surface area (Å²) in [6.45, 7) is 6.98. The lowest BCUT2D eigenvalue weighted by Crippen LogP contribution is -2.21. The molecule has 0 spiro atoms. The van der Waals surface area contributed by atoms with Crippen molar-refractivity contribution in [1.82, 2.24) is 5.32 Å². The smallest absolute Gasteiger partial charge is 0.172 e. The van der Waals surface area contributed by atoms with Crippen LogP contribution in [0.4, 0.5) is 4.39 Å². The summed E-state index contributed by atoms with van der Waals surface area (Å²) in [6, 6.07) is 11.8. The minimum atomic E-state index is -0.308. The third-order valence-corrected chi connectivity index (χ3v) is 3.49. The van der Waals surface area contributed by atoms with Crippen LogP contribution in [0.15, 0.2) is 36.4 Å². The van der Waals surface area contributed by atoms with Crippen molar-refractivity contribution in [2.75, 3.05) is 7.11 Å². The molecule has 0 heterocycles. The number of hydrogen-bond acceptors (Lipinski definition) is 2. The summed E-state index contributed by atoms with van der Waals surface area (Å²) in [5.74, 6) is -0.0327. The van der Waals surface area contributed by atoms with E-state index in [9.17, 15) is 4.39 Å². The number of methoxy groups -OCH3 is 1. The zero-order chi connectivity index (χ0) is 15.4. The molecule has 0 saturated carbocycles. The number of nitrogens with one attached hydrogen (secondary N) is 1.